The number of hydrogen-bond donors (Lipinski definition) is 3. The summed E-state index contributed by atoms with van der Waals surface area (Å²) in [6.07, 6.45) is -0.675. The predicted octanol–water partition coefficient (Wildman–Crippen LogP) is 3.05. The molecular weight excluding hydrogens is 415 g/mol. The van der Waals surface area contributed by atoms with Gasteiger partial charge in [0.1, 0.15) is 29.8 Å². The van der Waals surface area contributed by atoms with Crippen molar-refractivity contribution in [3.63, 3.8) is 0 Å². The van der Waals surface area contributed by atoms with Crippen molar-refractivity contribution >= 4 is 28.6 Å². The number of rotatable bonds is 4. The molecule has 0 saturated carbocycles. The van der Waals surface area contributed by atoms with Crippen LogP contribution in [0, 0.1) is 11.7 Å². The number of pyridine rings is 1. The molecule has 1 aromatic carbocycles. The number of amides is 1. The van der Waals surface area contributed by atoms with Gasteiger partial charge in [0.2, 0.25) is 0 Å². The zero-order chi connectivity index (χ0) is 22.3. The van der Waals surface area contributed by atoms with E-state index in [9.17, 15) is 23.1 Å². The van der Waals surface area contributed by atoms with Crippen LogP contribution in [0.4, 0.5) is 25.0 Å². The molecule has 0 aliphatic carbocycles. The summed E-state index contributed by atoms with van der Waals surface area (Å²) < 4.78 is 46.7. The highest BCUT2D eigenvalue weighted by atomic mass is 19.3. The number of halogens is 3. The molecule has 1 saturated heterocycles. The summed E-state index contributed by atoms with van der Waals surface area (Å²) in [5, 5.41) is 12.1. The largest absolute Gasteiger partial charge is 0.431 e. The maximum atomic E-state index is 14.0. The molecule has 0 radical (unpaired) electrons. The Bertz CT molecular complexity index is 1130. The molecule has 1 fully saturated rings. The van der Waals surface area contributed by atoms with E-state index in [1.807, 2.05) is 0 Å². The van der Waals surface area contributed by atoms with Crippen LogP contribution in [0.15, 0.2) is 34.9 Å². The Morgan fingerprint density at radius 3 is 2.84 bits per heavy atom. The predicted molar refractivity (Wildman–Crippen MR) is 106 cm³/mol. The fourth-order valence-corrected chi connectivity index (χ4v) is 3.47. The molecule has 3 heterocycles. The minimum atomic E-state index is -2.81. The first kappa shape index (κ1) is 21.1. The van der Waals surface area contributed by atoms with Gasteiger partial charge in [-0.2, -0.15) is 4.98 Å². The fraction of sp³-hybridized carbons (Fsp3) is 0.350. The topological polar surface area (TPSA) is 118 Å². The highest BCUT2D eigenvalue weighted by Crippen LogP contribution is 2.36. The first-order chi connectivity index (χ1) is 14.6. The Morgan fingerprint density at radius 1 is 1.39 bits per heavy atom. The van der Waals surface area contributed by atoms with Gasteiger partial charge in [-0.05, 0) is 24.3 Å². The van der Waals surface area contributed by atoms with Crippen molar-refractivity contribution in [1.29, 1.82) is 0 Å². The normalized spacial score (nSPS) is 19.4. The van der Waals surface area contributed by atoms with Crippen molar-refractivity contribution in [3.8, 4) is 0 Å². The van der Waals surface area contributed by atoms with Gasteiger partial charge in [-0.1, -0.05) is 6.92 Å². The van der Waals surface area contributed by atoms with Crippen molar-refractivity contribution in [1.82, 2.24) is 9.97 Å². The molecule has 3 aromatic rings. The van der Waals surface area contributed by atoms with Crippen LogP contribution in [0.25, 0.3) is 10.9 Å². The van der Waals surface area contributed by atoms with E-state index < -0.39 is 29.8 Å². The molecule has 31 heavy (non-hydrogen) atoms. The number of hydrogen-bond acceptors (Lipinski definition) is 7. The summed E-state index contributed by atoms with van der Waals surface area (Å²) >= 11 is 0. The summed E-state index contributed by atoms with van der Waals surface area (Å²) in [5.74, 6) is -4.74. The minimum Gasteiger partial charge on any atom is -0.431 e. The van der Waals surface area contributed by atoms with Crippen molar-refractivity contribution in [3.05, 3.63) is 47.6 Å². The van der Waals surface area contributed by atoms with Crippen LogP contribution in [-0.2, 0) is 0 Å². The summed E-state index contributed by atoms with van der Waals surface area (Å²) in [6, 6.07) is 5.14. The van der Waals surface area contributed by atoms with Crippen LogP contribution in [-0.4, -0.2) is 40.0 Å². The summed E-state index contributed by atoms with van der Waals surface area (Å²) in [6.45, 7) is 1.43. The smallest absolute Gasteiger partial charge is 0.301 e. The van der Waals surface area contributed by atoms with Gasteiger partial charge in [0, 0.05) is 30.8 Å². The second-order valence-electron chi connectivity index (χ2n) is 7.53. The Balaban J connectivity index is 1.72. The monoisotopic (exact) mass is 435 g/mol. The van der Waals surface area contributed by atoms with E-state index in [1.165, 1.54) is 31.2 Å². The number of aliphatic hydroxyl groups is 1. The third kappa shape index (κ3) is 4.19. The summed E-state index contributed by atoms with van der Waals surface area (Å²) in [7, 11) is 0. The van der Waals surface area contributed by atoms with Gasteiger partial charge in [-0.15, -0.1) is 0 Å². The van der Waals surface area contributed by atoms with Crippen LogP contribution < -0.4 is 16.0 Å². The van der Waals surface area contributed by atoms with E-state index in [-0.39, 0.29) is 42.6 Å². The Hall–Kier alpha value is -3.18. The van der Waals surface area contributed by atoms with Crippen LogP contribution in [0.3, 0.4) is 0 Å². The lowest BCUT2D eigenvalue weighted by atomic mass is 9.95. The molecule has 0 bridgehead atoms. The van der Waals surface area contributed by atoms with Crippen LogP contribution in [0.5, 0.6) is 0 Å². The van der Waals surface area contributed by atoms with E-state index in [0.29, 0.717) is 10.9 Å². The maximum Gasteiger partial charge on any atom is 0.301 e. The molecule has 8 nitrogen and oxygen atoms in total. The average molecular weight is 435 g/mol. The van der Waals surface area contributed by atoms with Crippen molar-refractivity contribution in [2.75, 3.05) is 23.3 Å². The first-order valence-electron chi connectivity index (χ1n) is 9.57. The van der Waals surface area contributed by atoms with Gasteiger partial charge in [0.15, 0.2) is 0 Å². The minimum absolute atomic E-state index is 0.000161. The van der Waals surface area contributed by atoms with Gasteiger partial charge in [0.05, 0.1) is 11.1 Å². The standard InChI is InChI=1S/C20H20F3N5O3/c1-10-8-28(5-4-20(10,22)23)17-13(7-11-6-12(21)2-3-14(11)25-17)18(30)27-19-26-15(9-31-19)16(24)29/h2-3,6-7,9-10,16,29H,4-5,8,24H2,1H3,(H,26,27,30). The van der Waals surface area contributed by atoms with Gasteiger partial charge in [-0.3, -0.25) is 10.1 Å². The number of nitrogens with two attached hydrogens (primary N) is 1. The quantitative estimate of drug-likeness (QED) is 0.539. The highest BCUT2D eigenvalue weighted by Gasteiger charge is 2.42. The number of carbonyl (C=O) groups is 1. The number of carbonyl (C=O) groups excluding carboxylic acids is 1. The lowest BCUT2D eigenvalue weighted by Gasteiger charge is -2.38. The summed E-state index contributed by atoms with van der Waals surface area (Å²) in [4.78, 5) is 22.9. The Morgan fingerprint density at radius 2 is 2.16 bits per heavy atom. The van der Waals surface area contributed by atoms with E-state index in [1.54, 1.807) is 4.90 Å². The molecular formula is C20H20F3N5O3. The lowest BCUT2D eigenvalue weighted by Crippen LogP contribution is -2.46. The third-order valence-electron chi connectivity index (χ3n) is 5.28. The molecule has 4 rings (SSSR count). The molecule has 2 atom stereocenters. The molecule has 2 aromatic heterocycles. The molecule has 1 aliphatic rings. The van der Waals surface area contributed by atoms with E-state index in [4.69, 9.17) is 10.2 Å². The second kappa shape index (κ2) is 7.82. The van der Waals surface area contributed by atoms with Crippen molar-refractivity contribution in [2.45, 2.75) is 25.5 Å². The number of aliphatic hydroxyl groups excluding tert-OH is 1. The molecule has 0 spiro atoms. The SMILES string of the molecule is CC1CN(c2nc3ccc(F)cc3cc2C(=O)Nc2nc(C(N)O)co2)CCC1(F)F. The zero-order valence-electron chi connectivity index (χ0n) is 16.5. The average Bonchev–Trinajstić information content (AvgIpc) is 3.18. The third-order valence-corrected chi connectivity index (χ3v) is 5.28. The molecule has 2 unspecified atom stereocenters. The van der Waals surface area contributed by atoms with E-state index in [2.05, 4.69) is 15.3 Å². The molecule has 1 amide bonds. The first-order valence-corrected chi connectivity index (χ1v) is 9.57. The van der Waals surface area contributed by atoms with E-state index >= 15 is 0 Å². The number of anilines is 2. The number of oxazole rings is 1. The fourth-order valence-electron chi connectivity index (χ4n) is 3.47. The number of nitrogens with one attached hydrogen (secondary N) is 1. The second-order valence-corrected chi connectivity index (χ2v) is 7.53. The van der Waals surface area contributed by atoms with Gasteiger partial charge >= 0.3 is 6.01 Å². The number of aromatic nitrogens is 2. The lowest BCUT2D eigenvalue weighted by molar-refractivity contribution is -0.0652. The van der Waals surface area contributed by atoms with E-state index in [0.717, 1.165) is 6.26 Å². The molecule has 1 aliphatic heterocycles. The van der Waals surface area contributed by atoms with Crippen LogP contribution >= 0.6 is 0 Å². The zero-order valence-corrected chi connectivity index (χ0v) is 16.5. The number of fused-ring (bicyclic) bond motifs is 1. The number of benzene rings is 1. The summed E-state index contributed by atoms with van der Waals surface area (Å²) in [5.41, 5.74) is 5.79. The van der Waals surface area contributed by atoms with Gasteiger partial charge in [0.25, 0.3) is 11.8 Å². The van der Waals surface area contributed by atoms with Gasteiger partial charge < -0.3 is 20.2 Å². The maximum absolute atomic E-state index is 14.0. The molecule has 164 valence electrons. The Kier molecular flexibility index (Phi) is 5.31. The van der Waals surface area contributed by atoms with Gasteiger partial charge in [-0.25, -0.2) is 18.2 Å². The van der Waals surface area contributed by atoms with Crippen molar-refractivity contribution < 1.29 is 27.5 Å². The highest BCUT2D eigenvalue weighted by molar-refractivity contribution is 6.08. The number of nitrogens with zero attached hydrogens (tertiary/aromatic N) is 3. The molecule has 11 heteroatoms. The van der Waals surface area contributed by atoms with Crippen LogP contribution in [0.2, 0.25) is 0 Å². The van der Waals surface area contributed by atoms with Crippen LogP contribution in [0.1, 0.15) is 35.6 Å². The van der Waals surface area contributed by atoms with Crippen molar-refractivity contribution in [2.24, 2.45) is 11.7 Å². The number of alkyl halides is 2. The molecule has 4 N–H and O–H groups in total. The number of piperidine rings is 1. The Labute approximate surface area is 174 Å².